The first-order valence-electron chi connectivity index (χ1n) is 16.4. The Morgan fingerprint density at radius 1 is 0.404 bits per heavy atom. The van der Waals surface area contributed by atoms with Gasteiger partial charge in [0.15, 0.2) is 0 Å². The maximum absolute atomic E-state index is 2.42. The summed E-state index contributed by atoms with van der Waals surface area (Å²) in [5.74, 6) is 0. The molecule has 47 heavy (non-hydrogen) atoms. The number of anilines is 3. The molecule has 0 radical (unpaired) electrons. The first kappa shape index (κ1) is 27.4. The smallest absolute Gasteiger partial charge is 0.0540 e. The zero-order chi connectivity index (χ0) is 31.4. The van der Waals surface area contributed by atoms with Crippen LogP contribution in [-0.4, -0.2) is 0 Å². The maximum Gasteiger partial charge on any atom is 0.0540 e. The topological polar surface area (TPSA) is 3.24 Å². The summed E-state index contributed by atoms with van der Waals surface area (Å²) in [6.45, 7) is 2.38. The second-order valence-electron chi connectivity index (χ2n) is 12.6. The summed E-state index contributed by atoms with van der Waals surface area (Å²) in [7, 11) is 0. The molecular weight excluding hydrogens is 567 g/mol. The number of rotatable bonds is 5. The van der Waals surface area contributed by atoms with Gasteiger partial charge in [0, 0.05) is 21.9 Å². The maximum atomic E-state index is 2.42. The number of hydrogen-bond donors (Lipinski definition) is 0. The van der Waals surface area contributed by atoms with Crippen molar-refractivity contribution in [2.75, 3.05) is 4.90 Å². The van der Waals surface area contributed by atoms with Crippen molar-refractivity contribution in [3.8, 4) is 22.3 Å². The summed E-state index contributed by atoms with van der Waals surface area (Å²) in [5.41, 5.74) is 12.4. The molecule has 1 aliphatic carbocycles. The molecule has 0 fully saturated rings. The zero-order valence-electron chi connectivity index (χ0n) is 26.3. The van der Waals surface area contributed by atoms with Gasteiger partial charge in [-0.2, -0.15) is 0 Å². The molecule has 1 aliphatic rings. The minimum absolute atomic E-state index is 0.220. The van der Waals surface area contributed by atoms with E-state index in [2.05, 4.69) is 194 Å². The first-order valence-corrected chi connectivity index (χ1v) is 16.4. The van der Waals surface area contributed by atoms with Crippen molar-refractivity contribution in [2.24, 2.45) is 0 Å². The first-order chi connectivity index (χ1) is 23.2. The quantitative estimate of drug-likeness (QED) is 0.190. The molecule has 8 aromatic carbocycles. The van der Waals surface area contributed by atoms with Crippen molar-refractivity contribution in [1.29, 1.82) is 0 Å². The van der Waals surface area contributed by atoms with Crippen LogP contribution in [0.25, 0.3) is 43.8 Å². The van der Waals surface area contributed by atoms with Crippen molar-refractivity contribution in [3.05, 3.63) is 199 Å². The minimum Gasteiger partial charge on any atom is -0.309 e. The molecule has 0 aliphatic heterocycles. The highest BCUT2D eigenvalue weighted by Crippen LogP contribution is 2.55. The Morgan fingerprint density at radius 2 is 0.915 bits per heavy atom. The molecule has 1 heteroatoms. The zero-order valence-corrected chi connectivity index (χ0v) is 26.3. The van der Waals surface area contributed by atoms with Crippen molar-refractivity contribution in [1.82, 2.24) is 0 Å². The lowest BCUT2D eigenvalue weighted by Gasteiger charge is -2.29. The Labute approximate surface area is 276 Å². The molecule has 0 amide bonds. The summed E-state index contributed by atoms with van der Waals surface area (Å²) in [6, 6.07) is 66.4. The predicted octanol–water partition coefficient (Wildman–Crippen LogP) is 12.5. The Kier molecular flexibility index (Phi) is 6.33. The van der Waals surface area contributed by atoms with Crippen LogP contribution in [0, 0.1) is 0 Å². The molecule has 0 aromatic heterocycles. The van der Waals surface area contributed by atoms with Gasteiger partial charge in [-0.05, 0) is 80.9 Å². The molecule has 1 atom stereocenters. The minimum atomic E-state index is -0.220. The van der Waals surface area contributed by atoms with Gasteiger partial charge in [-0.1, -0.05) is 158 Å². The third-order valence-corrected chi connectivity index (χ3v) is 10.1. The second kappa shape index (κ2) is 10.9. The molecule has 0 bridgehead atoms. The highest BCUT2D eigenvalue weighted by molar-refractivity contribution is 6.05. The third-order valence-electron chi connectivity index (χ3n) is 10.1. The highest BCUT2D eigenvalue weighted by atomic mass is 15.1. The SMILES string of the molecule is CC1(c2ccccc2)c2ccccc2-c2c(-c3ccc(N(c4cccc5ccccc45)c4cccc5ccccc45)cc3)cccc21. The number of hydrogen-bond acceptors (Lipinski definition) is 1. The van der Waals surface area contributed by atoms with Gasteiger partial charge in [-0.3, -0.25) is 0 Å². The number of fused-ring (bicyclic) bond motifs is 5. The van der Waals surface area contributed by atoms with E-state index in [1.165, 1.54) is 71.9 Å². The fourth-order valence-electron chi connectivity index (χ4n) is 7.87. The summed E-state index contributed by atoms with van der Waals surface area (Å²) < 4.78 is 0. The van der Waals surface area contributed by atoms with Crippen LogP contribution in [0.3, 0.4) is 0 Å². The van der Waals surface area contributed by atoms with Gasteiger partial charge >= 0.3 is 0 Å². The van der Waals surface area contributed by atoms with E-state index in [1.54, 1.807) is 0 Å². The van der Waals surface area contributed by atoms with E-state index in [0.29, 0.717) is 0 Å². The van der Waals surface area contributed by atoms with Crippen molar-refractivity contribution in [3.63, 3.8) is 0 Å². The third kappa shape index (κ3) is 4.24. The standard InChI is InChI=1S/C46H33N/c1-46(35-18-3-2-4-19-35)41-24-10-9-22-40(41)45-39(23-13-25-42(45)46)34-28-30-36(31-29-34)47(43-26-11-16-32-14-5-7-20-37(32)43)44-27-12-17-33-15-6-8-21-38(33)44/h2-31H,1H3. The number of benzene rings is 8. The second-order valence-corrected chi connectivity index (χ2v) is 12.6. The molecule has 9 rings (SSSR count). The monoisotopic (exact) mass is 599 g/mol. The van der Waals surface area contributed by atoms with Crippen LogP contribution in [0.15, 0.2) is 182 Å². The van der Waals surface area contributed by atoms with E-state index < -0.39 is 0 Å². The lowest BCUT2D eigenvalue weighted by atomic mass is 9.74. The molecule has 0 saturated carbocycles. The van der Waals surface area contributed by atoms with Crippen molar-refractivity contribution < 1.29 is 0 Å². The van der Waals surface area contributed by atoms with Crippen LogP contribution in [-0.2, 0) is 5.41 Å². The summed E-state index contributed by atoms with van der Waals surface area (Å²) in [5, 5.41) is 4.91. The average Bonchev–Trinajstić information content (AvgIpc) is 3.42. The summed E-state index contributed by atoms with van der Waals surface area (Å²) >= 11 is 0. The average molecular weight is 600 g/mol. The van der Waals surface area contributed by atoms with E-state index in [-0.39, 0.29) is 5.41 Å². The van der Waals surface area contributed by atoms with Crippen LogP contribution < -0.4 is 4.90 Å². The van der Waals surface area contributed by atoms with Crippen LogP contribution in [0.2, 0.25) is 0 Å². The molecule has 0 spiro atoms. The molecular formula is C46H33N. The van der Waals surface area contributed by atoms with Gasteiger partial charge in [0.2, 0.25) is 0 Å². The molecule has 1 unspecified atom stereocenters. The van der Waals surface area contributed by atoms with Crippen LogP contribution >= 0.6 is 0 Å². The Hall–Kier alpha value is -5.92. The van der Waals surface area contributed by atoms with Gasteiger partial charge in [-0.15, -0.1) is 0 Å². The van der Waals surface area contributed by atoms with E-state index in [1.807, 2.05) is 0 Å². The predicted molar refractivity (Wildman–Crippen MR) is 199 cm³/mol. The molecule has 0 N–H and O–H groups in total. The molecule has 1 nitrogen and oxygen atoms in total. The normalized spacial score (nSPS) is 15.0. The van der Waals surface area contributed by atoms with Crippen LogP contribution in [0.5, 0.6) is 0 Å². The summed E-state index contributed by atoms with van der Waals surface area (Å²) in [4.78, 5) is 2.42. The van der Waals surface area contributed by atoms with Crippen LogP contribution in [0.1, 0.15) is 23.6 Å². The van der Waals surface area contributed by atoms with Crippen LogP contribution in [0.4, 0.5) is 17.1 Å². The van der Waals surface area contributed by atoms with Gasteiger partial charge < -0.3 is 4.90 Å². The lowest BCUT2D eigenvalue weighted by Crippen LogP contribution is -2.22. The van der Waals surface area contributed by atoms with E-state index in [4.69, 9.17) is 0 Å². The lowest BCUT2D eigenvalue weighted by molar-refractivity contribution is 0.714. The number of nitrogens with zero attached hydrogens (tertiary/aromatic N) is 1. The van der Waals surface area contributed by atoms with Crippen molar-refractivity contribution >= 4 is 38.6 Å². The largest absolute Gasteiger partial charge is 0.309 e. The van der Waals surface area contributed by atoms with Gasteiger partial charge in [0.1, 0.15) is 0 Å². The molecule has 0 heterocycles. The van der Waals surface area contributed by atoms with Gasteiger partial charge in [0.25, 0.3) is 0 Å². The van der Waals surface area contributed by atoms with Gasteiger partial charge in [-0.25, -0.2) is 0 Å². The molecule has 8 aromatic rings. The Balaban J connectivity index is 1.22. The van der Waals surface area contributed by atoms with E-state index in [9.17, 15) is 0 Å². The van der Waals surface area contributed by atoms with E-state index in [0.717, 1.165) is 5.69 Å². The fraction of sp³-hybridized carbons (Fsp3) is 0.0435. The molecule has 0 saturated heterocycles. The summed E-state index contributed by atoms with van der Waals surface area (Å²) in [6.07, 6.45) is 0. The molecule has 222 valence electrons. The van der Waals surface area contributed by atoms with Gasteiger partial charge in [0.05, 0.1) is 11.4 Å². The van der Waals surface area contributed by atoms with Crippen molar-refractivity contribution in [2.45, 2.75) is 12.3 Å². The Bertz CT molecular complexity index is 2330. The fourth-order valence-corrected chi connectivity index (χ4v) is 7.87. The Morgan fingerprint density at radius 3 is 1.60 bits per heavy atom. The highest BCUT2D eigenvalue weighted by Gasteiger charge is 2.41. The van der Waals surface area contributed by atoms with E-state index >= 15 is 0 Å².